The highest BCUT2D eigenvalue weighted by Gasteiger charge is 2.31. The standard InChI is InChI=1S/C26H35N3O6S/c1-15(2)12-16(3)29(25(31)34-26(5,6)7)35-21-14-20-19(13-22(21)36(9,32)33)18-10-11-27-17(4)23(18)24(30)28(20)8/h10-11,13-16H,12H2,1-9H3. The van der Waals surface area contributed by atoms with Crippen molar-refractivity contribution < 1.29 is 22.8 Å². The second-order valence-corrected chi connectivity index (χ2v) is 12.6. The van der Waals surface area contributed by atoms with E-state index in [1.165, 1.54) is 16.7 Å². The Balaban J connectivity index is 2.30. The van der Waals surface area contributed by atoms with E-state index >= 15 is 0 Å². The lowest BCUT2D eigenvalue weighted by molar-refractivity contribution is -0.0981. The summed E-state index contributed by atoms with van der Waals surface area (Å²) in [5, 5.41) is 2.65. The van der Waals surface area contributed by atoms with Crippen molar-refractivity contribution in [2.24, 2.45) is 13.0 Å². The first-order chi connectivity index (χ1) is 16.5. The number of aryl methyl sites for hydroxylation is 2. The number of ether oxygens (including phenoxy) is 1. The van der Waals surface area contributed by atoms with Crippen LogP contribution >= 0.6 is 0 Å². The van der Waals surface area contributed by atoms with E-state index in [9.17, 15) is 18.0 Å². The third-order valence-electron chi connectivity index (χ3n) is 5.76. The van der Waals surface area contributed by atoms with Gasteiger partial charge in [-0.05, 0) is 64.5 Å². The third-order valence-corrected chi connectivity index (χ3v) is 6.87. The number of hydrogen-bond donors (Lipinski definition) is 0. The lowest BCUT2D eigenvalue weighted by atomic mass is 10.1. The molecular formula is C26H35N3O6S. The average molecular weight is 518 g/mol. The Morgan fingerprint density at radius 2 is 1.81 bits per heavy atom. The van der Waals surface area contributed by atoms with Crippen LogP contribution in [0.5, 0.6) is 5.75 Å². The quantitative estimate of drug-likeness (QED) is 0.342. The van der Waals surface area contributed by atoms with Crippen molar-refractivity contribution in [3.8, 4) is 5.75 Å². The summed E-state index contributed by atoms with van der Waals surface area (Å²) >= 11 is 0. The Morgan fingerprint density at radius 3 is 2.36 bits per heavy atom. The van der Waals surface area contributed by atoms with Crippen LogP contribution in [-0.2, 0) is 21.6 Å². The number of benzene rings is 1. The number of carbonyl (C=O) groups is 1. The van der Waals surface area contributed by atoms with Gasteiger partial charge in [-0.1, -0.05) is 13.8 Å². The molecule has 2 aromatic heterocycles. The number of rotatable bonds is 6. The Bertz CT molecular complexity index is 1490. The van der Waals surface area contributed by atoms with E-state index in [0.717, 1.165) is 11.3 Å². The van der Waals surface area contributed by atoms with E-state index in [1.54, 1.807) is 47.0 Å². The number of fused-ring (bicyclic) bond motifs is 3. The summed E-state index contributed by atoms with van der Waals surface area (Å²) in [6.45, 7) is 12.8. The van der Waals surface area contributed by atoms with Crippen LogP contribution in [0.2, 0.25) is 0 Å². The Hall–Kier alpha value is -3.14. The molecule has 1 aromatic carbocycles. The lowest BCUT2D eigenvalue weighted by Crippen LogP contribution is -2.45. The van der Waals surface area contributed by atoms with E-state index in [-0.39, 0.29) is 22.1 Å². The third kappa shape index (κ3) is 5.64. The number of nitrogens with zero attached hydrogens (tertiary/aromatic N) is 3. The minimum atomic E-state index is -3.79. The van der Waals surface area contributed by atoms with Gasteiger partial charge in [-0.2, -0.15) is 0 Å². The maximum atomic E-state index is 13.2. The van der Waals surface area contributed by atoms with Crippen LogP contribution in [0.4, 0.5) is 4.79 Å². The molecule has 3 aromatic rings. The predicted molar refractivity (Wildman–Crippen MR) is 140 cm³/mol. The minimum absolute atomic E-state index is 0.0633. The van der Waals surface area contributed by atoms with Gasteiger partial charge in [-0.25, -0.2) is 13.2 Å². The molecule has 0 saturated carbocycles. The molecule has 0 aliphatic heterocycles. The molecule has 0 radical (unpaired) electrons. The van der Waals surface area contributed by atoms with Crippen molar-refractivity contribution in [3.05, 3.63) is 40.4 Å². The normalized spacial score (nSPS) is 13.3. The molecule has 0 aliphatic rings. The zero-order valence-electron chi connectivity index (χ0n) is 22.4. The molecule has 3 rings (SSSR count). The monoisotopic (exact) mass is 517 g/mol. The highest BCUT2D eigenvalue weighted by molar-refractivity contribution is 7.90. The van der Waals surface area contributed by atoms with E-state index in [2.05, 4.69) is 4.98 Å². The van der Waals surface area contributed by atoms with Gasteiger partial charge in [-0.15, -0.1) is 5.06 Å². The van der Waals surface area contributed by atoms with Crippen LogP contribution in [0.15, 0.2) is 34.1 Å². The first-order valence-electron chi connectivity index (χ1n) is 11.8. The first kappa shape index (κ1) is 27.4. The van der Waals surface area contributed by atoms with Crippen molar-refractivity contribution in [2.45, 2.75) is 71.4 Å². The smallest absolute Gasteiger partial charge is 0.442 e. The molecule has 36 heavy (non-hydrogen) atoms. The lowest BCUT2D eigenvalue weighted by Gasteiger charge is -2.32. The molecule has 0 spiro atoms. The van der Waals surface area contributed by atoms with Crippen molar-refractivity contribution >= 4 is 37.6 Å². The van der Waals surface area contributed by atoms with Crippen LogP contribution in [-0.4, -0.2) is 47.0 Å². The molecule has 0 N–H and O–H groups in total. The molecular weight excluding hydrogens is 482 g/mol. The van der Waals surface area contributed by atoms with Gasteiger partial charge in [-0.3, -0.25) is 9.78 Å². The fourth-order valence-electron chi connectivity index (χ4n) is 4.24. The number of hydrogen-bond acceptors (Lipinski definition) is 7. The van der Waals surface area contributed by atoms with Gasteiger partial charge < -0.3 is 14.1 Å². The van der Waals surface area contributed by atoms with Gasteiger partial charge in [0.2, 0.25) is 0 Å². The second-order valence-electron chi connectivity index (χ2n) is 10.6. The number of sulfone groups is 1. The van der Waals surface area contributed by atoms with Crippen LogP contribution in [0.3, 0.4) is 0 Å². The van der Waals surface area contributed by atoms with Gasteiger partial charge in [0.05, 0.1) is 22.6 Å². The van der Waals surface area contributed by atoms with E-state index in [0.29, 0.717) is 33.8 Å². The predicted octanol–water partition coefficient (Wildman–Crippen LogP) is 4.76. The van der Waals surface area contributed by atoms with Gasteiger partial charge >= 0.3 is 6.09 Å². The topological polar surface area (TPSA) is 108 Å². The molecule has 0 aliphatic carbocycles. The Morgan fingerprint density at radius 1 is 1.17 bits per heavy atom. The minimum Gasteiger partial charge on any atom is -0.442 e. The Kier molecular flexibility index (Phi) is 7.41. The number of hydroxylamine groups is 2. The molecule has 196 valence electrons. The van der Waals surface area contributed by atoms with Gasteiger partial charge in [0, 0.05) is 31.0 Å². The molecule has 0 saturated heterocycles. The van der Waals surface area contributed by atoms with Crippen LogP contribution in [0, 0.1) is 12.8 Å². The molecule has 9 nitrogen and oxygen atoms in total. The van der Waals surface area contributed by atoms with E-state index < -0.39 is 27.6 Å². The number of aromatic nitrogens is 2. The maximum Gasteiger partial charge on any atom is 0.443 e. The number of carbonyl (C=O) groups excluding carboxylic acids is 1. The molecule has 2 heterocycles. The van der Waals surface area contributed by atoms with Gasteiger partial charge in [0.15, 0.2) is 15.6 Å². The van der Waals surface area contributed by atoms with Crippen LogP contribution < -0.4 is 10.4 Å². The van der Waals surface area contributed by atoms with Crippen LogP contribution in [0.1, 0.15) is 53.7 Å². The summed E-state index contributed by atoms with van der Waals surface area (Å²) < 4.78 is 32.8. The molecule has 10 heteroatoms. The summed E-state index contributed by atoms with van der Waals surface area (Å²) in [5.74, 6) is 0.176. The van der Waals surface area contributed by atoms with Crippen LogP contribution in [0.25, 0.3) is 21.7 Å². The second kappa shape index (κ2) is 9.72. The first-order valence-corrected chi connectivity index (χ1v) is 13.7. The van der Waals surface area contributed by atoms with Gasteiger partial charge in [0.25, 0.3) is 5.56 Å². The summed E-state index contributed by atoms with van der Waals surface area (Å²) in [4.78, 5) is 36.4. The highest BCUT2D eigenvalue weighted by atomic mass is 32.2. The maximum absolute atomic E-state index is 13.2. The van der Waals surface area contributed by atoms with Gasteiger partial charge in [0.1, 0.15) is 10.5 Å². The fraction of sp³-hybridized carbons (Fsp3) is 0.500. The van der Waals surface area contributed by atoms with Crippen molar-refractivity contribution in [3.63, 3.8) is 0 Å². The summed E-state index contributed by atoms with van der Waals surface area (Å²) in [5.41, 5.74) is -0.0390. The highest BCUT2D eigenvalue weighted by Crippen LogP contribution is 2.34. The summed E-state index contributed by atoms with van der Waals surface area (Å²) in [7, 11) is -2.18. The SMILES string of the molecule is Cc1nccc2c1c(=O)n(C)c1cc(ON(C(=O)OC(C)(C)C)C(C)CC(C)C)c(S(C)(=O)=O)cc21. The van der Waals surface area contributed by atoms with E-state index in [4.69, 9.17) is 9.57 Å². The fourth-order valence-corrected chi connectivity index (χ4v) is 5.03. The zero-order chi connectivity index (χ0) is 27.2. The van der Waals surface area contributed by atoms with E-state index in [1.807, 2.05) is 20.8 Å². The van der Waals surface area contributed by atoms with Crippen molar-refractivity contribution in [1.29, 1.82) is 0 Å². The summed E-state index contributed by atoms with van der Waals surface area (Å²) in [6, 6.07) is 4.25. The largest absolute Gasteiger partial charge is 0.443 e. The molecule has 1 unspecified atom stereocenters. The van der Waals surface area contributed by atoms with Crippen molar-refractivity contribution in [2.75, 3.05) is 6.26 Å². The average Bonchev–Trinajstić information content (AvgIpc) is 2.72. The summed E-state index contributed by atoms with van der Waals surface area (Å²) in [6.07, 6.45) is 2.52. The number of pyridine rings is 2. The Labute approximate surface area is 211 Å². The number of amides is 1. The molecule has 1 amide bonds. The molecule has 0 fully saturated rings. The van der Waals surface area contributed by atoms with Crippen molar-refractivity contribution in [1.82, 2.24) is 14.6 Å². The molecule has 0 bridgehead atoms. The zero-order valence-corrected chi connectivity index (χ0v) is 23.2. The molecule has 1 atom stereocenters.